The Morgan fingerprint density at radius 1 is 1.21 bits per heavy atom. The van der Waals surface area contributed by atoms with E-state index in [1.165, 1.54) is 0 Å². The molecule has 0 saturated carbocycles. The van der Waals surface area contributed by atoms with E-state index < -0.39 is 0 Å². The Labute approximate surface area is 92.8 Å². The van der Waals surface area contributed by atoms with Gasteiger partial charge in [0.2, 0.25) is 0 Å². The molecule has 2 aromatic rings. The summed E-state index contributed by atoms with van der Waals surface area (Å²) in [7, 11) is 1.81. The van der Waals surface area contributed by atoms with Crippen LogP contribution in [-0.4, -0.2) is 17.4 Å². The molecular weight excluding hydrogens is 227 g/mol. The van der Waals surface area contributed by atoms with Gasteiger partial charge in [-0.3, -0.25) is 0 Å². The third-order valence-corrected chi connectivity index (χ3v) is 1.72. The fourth-order valence-corrected chi connectivity index (χ4v) is 1.09. The van der Waals surface area contributed by atoms with E-state index in [4.69, 9.17) is 5.73 Å². The number of fused-ring (bicyclic) bond motifs is 1. The molecule has 0 spiro atoms. The van der Waals surface area contributed by atoms with Gasteiger partial charge in [-0.2, -0.15) is 0 Å². The van der Waals surface area contributed by atoms with Crippen molar-refractivity contribution in [3.8, 4) is 0 Å². The second-order valence-electron chi connectivity index (χ2n) is 2.41. The van der Waals surface area contributed by atoms with Crippen LogP contribution in [0.15, 0.2) is 16.8 Å². The molecule has 0 aliphatic carbocycles. The normalized spacial score (nSPS) is 8.93. The van der Waals surface area contributed by atoms with Crippen LogP contribution < -0.4 is 11.1 Å². The van der Waals surface area contributed by atoms with Crippen LogP contribution in [0.4, 0.5) is 11.4 Å². The Balaban J connectivity index is 0.000000845. The highest BCUT2D eigenvalue weighted by Crippen LogP contribution is 2.24. The molecule has 14 heavy (non-hydrogen) atoms. The molecule has 7 heteroatoms. The van der Waals surface area contributed by atoms with Gasteiger partial charge in [-0.05, 0) is 22.4 Å². The monoisotopic (exact) mass is 236 g/mol. The minimum Gasteiger partial charge on any atom is -0.397 e. The predicted octanol–water partition coefficient (Wildman–Crippen LogP) is 1.69. The zero-order valence-corrected chi connectivity index (χ0v) is 8.98. The fraction of sp³-hybridized carbons (Fsp3) is 0.143. The molecule has 0 saturated heterocycles. The van der Waals surface area contributed by atoms with Gasteiger partial charge in [-0.15, -0.1) is 24.8 Å². The molecule has 0 radical (unpaired) electrons. The third-order valence-electron chi connectivity index (χ3n) is 1.72. The number of nitrogens with two attached hydrogens (primary N) is 1. The van der Waals surface area contributed by atoms with Gasteiger partial charge in [-0.1, -0.05) is 0 Å². The van der Waals surface area contributed by atoms with E-state index in [9.17, 15) is 0 Å². The minimum absolute atomic E-state index is 0. The zero-order chi connectivity index (χ0) is 8.55. The summed E-state index contributed by atoms with van der Waals surface area (Å²) in [6.07, 6.45) is 0. The molecule has 0 amide bonds. The lowest BCUT2D eigenvalue weighted by molar-refractivity contribution is 0.316. The maximum Gasteiger partial charge on any atom is 0.160 e. The number of nitrogens with one attached hydrogen (secondary N) is 1. The van der Waals surface area contributed by atoms with Crippen molar-refractivity contribution in [3.63, 3.8) is 0 Å². The van der Waals surface area contributed by atoms with E-state index in [1.54, 1.807) is 13.1 Å². The quantitative estimate of drug-likeness (QED) is 0.738. The zero-order valence-electron chi connectivity index (χ0n) is 7.35. The summed E-state index contributed by atoms with van der Waals surface area (Å²) in [6, 6.07) is 3.60. The number of anilines is 2. The Bertz CT molecular complexity index is 417. The van der Waals surface area contributed by atoms with Crippen LogP contribution in [0.3, 0.4) is 0 Å². The molecular formula is C7H10Cl2N4O. The predicted molar refractivity (Wildman–Crippen MR) is 60.3 cm³/mol. The highest BCUT2D eigenvalue weighted by molar-refractivity contribution is 5.94. The lowest BCUT2D eigenvalue weighted by Crippen LogP contribution is -1.92. The van der Waals surface area contributed by atoms with Gasteiger partial charge in [0.25, 0.3) is 0 Å². The van der Waals surface area contributed by atoms with Crippen LogP contribution in [0.25, 0.3) is 11.0 Å². The summed E-state index contributed by atoms with van der Waals surface area (Å²) < 4.78 is 4.57. The first-order valence-corrected chi connectivity index (χ1v) is 3.51. The van der Waals surface area contributed by atoms with Crippen molar-refractivity contribution in [2.24, 2.45) is 0 Å². The van der Waals surface area contributed by atoms with E-state index in [1.807, 2.05) is 6.07 Å². The van der Waals surface area contributed by atoms with Crippen molar-refractivity contribution < 1.29 is 4.63 Å². The van der Waals surface area contributed by atoms with Gasteiger partial charge < -0.3 is 11.1 Å². The molecule has 1 aromatic carbocycles. The van der Waals surface area contributed by atoms with Crippen molar-refractivity contribution in [2.75, 3.05) is 18.1 Å². The summed E-state index contributed by atoms with van der Waals surface area (Å²) in [5.74, 6) is 0. The second-order valence-corrected chi connectivity index (χ2v) is 2.41. The van der Waals surface area contributed by atoms with Gasteiger partial charge in [0.15, 0.2) is 11.0 Å². The van der Waals surface area contributed by atoms with Gasteiger partial charge >= 0.3 is 0 Å². The summed E-state index contributed by atoms with van der Waals surface area (Å²) in [4.78, 5) is 0. The summed E-state index contributed by atoms with van der Waals surface area (Å²) >= 11 is 0. The van der Waals surface area contributed by atoms with Crippen molar-refractivity contribution in [2.45, 2.75) is 0 Å². The molecule has 0 fully saturated rings. The first-order valence-electron chi connectivity index (χ1n) is 3.51. The SMILES string of the molecule is CNc1ccc(N)c2nonc12.Cl.Cl. The molecule has 1 aromatic heterocycles. The van der Waals surface area contributed by atoms with Crippen LogP contribution >= 0.6 is 24.8 Å². The molecule has 0 unspecified atom stereocenters. The van der Waals surface area contributed by atoms with Gasteiger partial charge in [0.1, 0.15) is 0 Å². The highest BCUT2D eigenvalue weighted by Gasteiger charge is 2.07. The lowest BCUT2D eigenvalue weighted by Gasteiger charge is -1.99. The molecule has 78 valence electrons. The van der Waals surface area contributed by atoms with Crippen LogP contribution in [0, 0.1) is 0 Å². The Kier molecular flexibility index (Phi) is 4.46. The molecule has 1 heterocycles. The number of aromatic nitrogens is 2. The van der Waals surface area contributed by atoms with Crippen LogP contribution in [0.1, 0.15) is 0 Å². The van der Waals surface area contributed by atoms with E-state index in [-0.39, 0.29) is 24.8 Å². The lowest BCUT2D eigenvalue weighted by atomic mass is 10.2. The van der Waals surface area contributed by atoms with E-state index >= 15 is 0 Å². The highest BCUT2D eigenvalue weighted by atomic mass is 35.5. The third kappa shape index (κ3) is 1.83. The molecule has 5 nitrogen and oxygen atoms in total. The van der Waals surface area contributed by atoms with Crippen LogP contribution in [0.2, 0.25) is 0 Å². The number of nitrogen functional groups attached to an aromatic ring is 1. The average Bonchev–Trinajstić information content (AvgIpc) is 2.54. The first-order chi connectivity index (χ1) is 5.83. The fourth-order valence-electron chi connectivity index (χ4n) is 1.09. The van der Waals surface area contributed by atoms with Crippen LogP contribution in [0.5, 0.6) is 0 Å². The second kappa shape index (κ2) is 4.88. The first kappa shape index (κ1) is 12.8. The molecule has 0 aliphatic heterocycles. The smallest absolute Gasteiger partial charge is 0.160 e. The van der Waals surface area contributed by atoms with E-state index in [0.717, 1.165) is 5.69 Å². The minimum atomic E-state index is 0. The maximum absolute atomic E-state index is 5.63. The standard InChI is InChI=1S/C7H8N4O.2ClH/c1-9-5-3-2-4(8)6-7(5)11-12-10-6;;/h2-3,9H,8H2,1H3;2*1H. The van der Waals surface area contributed by atoms with Gasteiger partial charge in [-0.25, -0.2) is 4.63 Å². The summed E-state index contributed by atoms with van der Waals surface area (Å²) in [5.41, 5.74) is 8.33. The number of halogens is 2. The Hall–Kier alpha value is -1.20. The Morgan fingerprint density at radius 3 is 2.50 bits per heavy atom. The van der Waals surface area contributed by atoms with Crippen LogP contribution in [-0.2, 0) is 0 Å². The van der Waals surface area contributed by atoms with Crippen molar-refractivity contribution >= 4 is 47.2 Å². The topological polar surface area (TPSA) is 77.0 Å². The summed E-state index contributed by atoms with van der Waals surface area (Å²) in [6.45, 7) is 0. The number of hydrogen-bond acceptors (Lipinski definition) is 5. The van der Waals surface area contributed by atoms with Crippen molar-refractivity contribution in [1.82, 2.24) is 10.3 Å². The summed E-state index contributed by atoms with van der Waals surface area (Å²) in [5, 5.41) is 10.4. The maximum atomic E-state index is 5.63. The van der Waals surface area contributed by atoms with Gasteiger partial charge in [0, 0.05) is 7.05 Å². The van der Waals surface area contributed by atoms with E-state index in [0.29, 0.717) is 16.7 Å². The molecule has 0 aliphatic rings. The Morgan fingerprint density at radius 2 is 1.86 bits per heavy atom. The van der Waals surface area contributed by atoms with Gasteiger partial charge in [0.05, 0.1) is 11.4 Å². The molecule has 2 rings (SSSR count). The molecule has 0 bridgehead atoms. The largest absolute Gasteiger partial charge is 0.397 e. The number of rotatable bonds is 1. The van der Waals surface area contributed by atoms with E-state index in [2.05, 4.69) is 20.3 Å². The average molecular weight is 237 g/mol. The number of nitrogens with zero attached hydrogens (tertiary/aromatic N) is 2. The number of benzene rings is 1. The number of hydrogen-bond donors (Lipinski definition) is 2. The molecule has 3 N–H and O–H groups in total. The van der Waals surface area contributed by atoms with Crippen molar-refractivity contribution in [1.29, 1.82) is 0 Å². The van der Waals surface area contributed by atoms with Crippen molar-refractivity contribution in [3.05, 3.63) is 12.1 Å². The molecule has 0 atom stereocenters.